The van der Waals surface area contributed by atoms with Gasteiger partial charge in [-0.25, -0.2) is 4.79 Å². The van der Waals surface area contributed by atoms with E-state index in [0.717, 1.165) is 24.8 Å². The highest BCUT2D eigenvalue weighted by Crippen LogP contribution is 2.29. The molecule has 0 unspecified atom stereocenters. The Bertz CT molecular complexity index is 703. The molecule has 29 heavy (non-hydrogen) atoms. The number of carbonyl (C=O) groups excluding carboxylic acids is 3. The van der Waals surface area contributed by atoms with Crippen LogP contribution in [-0.2, 0) is 25.5 Å². The molecule has 0 heterocycles. The number of carbonyl (C=O) groups is 3. The highest BCUT2D eigenvalue weighted by Gasteiger charge is 2.41. The molecule has 160 valence electrons. The van der Waals surface area contributed by atoms with Gasteiger partial charge in [-0.2, -0.15) is 8.78 Å². The Morgan fingerprint density at radius 1 is 1.10 bits per heavy atom. The van der Waals surface area contributed by atoms with E-state index in [1.807, 2.05) is 0 Å². The minimum Gasteiger partial charge on any atom is -0.454 e. The minimum atomic E-state index is -2.87. The van der Waals surface area contributed by atoms with E-state index >= 15 is 0 Å². The average molecular weight is 412 g/mol. The Morgan fingerprint density at radius 2 is 1.76 bits per heavy atom. The molecule has 1 aliphatic carbocycles. The number of amides is 2. The van der Waals surface area contributed by atoms with Crippen LogP contribution < -0.4 is 15.4 Å². The van der Waals surface area contributed by atoms with Crippen LogP contribution in [0.25, 0.3) is 0 Å². The van der Waals surface area contributed by atoms with Crippen molar-refractivity contribution < 1.29 is 32.6 Å². The number of ether oxygens (including phenoxy) is 2. The number of nitrogens with one attached hydrogen (secondary N) is 2. The number of benzene rings is 1. The number of halogens is 2. The normalized spacial score (nSPS) is 15.4. The highest BCUT2D eigenvalue weighted by molar-refractivity contribution is 5.89. The molecule has 0 radical (unpaired) electrons. The maximum Gasteiger partial charge on any atom is 0.387 e. The van der Waals surface area contributed by atoms with E-state index in [1.54, 1.807) is 12.1 Å². The molecule has 7 nitrogen and oxygen atoms in total. The Balaban J connectivity index is 1.74. The molecule has 1 aromatic rings. The second-order valence-electron chi connectivity index (χ2n) is 7.02. The van der Waals surface area contributed by atoms with Crippen LogP contribution in [0.2, 0.25) is 0 Å². The van der Waals surface area contributed by atoms with Crippen molar-refractivity contribution in [1.29, 1.82) is 0 Å². The Kier molecular flexibility index (Phi) is 8.35. The molecule has 2 N–H and O–H groups in total. The summed E-state index contributed by atoms with van der Waals surface area (Å²) in [4.78, 5) is 35.9. The summed E-state index contributed by atoms with van der Waals surface area (Å²) >= 11 is 0. The Labute approximate surface area is 168 Å². The lowest BCUT2D eigenvalue weighted by atomic mass is 9.81. The summed E-state index contributed by atoms with van der Waals surface area (Å²) in [5, 5.41) is 5.33. The molecule has 1 fully saturated rings. The number of rotatable bonds is 9. The van der Waals surface area contributed by atoms with Crippen LogP contribution in [0.4, 0.5) is 8.78 Å². The summed E-state index contributed by atoms with van der Waals surface area (Å²) in [6.45, 7) is -1.66. The standard InChI is InChI=1S/C20H26F2N2O5/c1-14(25)24-20(10-3-2-4-11-20)18(27)28-13-17(26)23-12-9-15-5-7-16(8-6-15)29-19(21)22/h5-8,19H,2-4,9-13H2,1H3,(H,23,26)(H,24,25). The number of alkyl halides is 2. The van der Waals surface area contributed by atoms with Gasteiger partial charge >= 0.3 is 12.6 Å². The third kappa shape index (κ3) is 7.32. The number of hydrogen-bond acceptors (Lipinski definition) is 5. The second-order valence-corrected chi connectivity index (χ2v) is 7.02. The maximum atomic E-state index is 12.5. The quantitative estimate of drug-likeness (QED) is 0.607. The first-order chi connectivity index (χ1) is 13.8. The average Bonchev–Trinajstić information content (AvgIpc) is 2.67. The van der Waals surface area contributed by atoms with Crippen LogP contribution in [0.3, 0.4) is 0 Å². The largest absolute Gasteiger partial charge is 0.454 e. The molecule has 1 aliphatic rings. The molecule has 0 aromatic heterocycles. The maximum absolute atomic E-state index is 12.5. The molecule has 2 rings (SSSR count). The fourth-order valence-electron chi connectivity index (χ4n) is 3.38. The zero-order chi connectivity index (χ0) is 21.3. The zero-order valence-corrected chi connectivity index (χ0v) is 16.3. The van der Waals surface area contributed by atoms with Gasteiger partial charge < -0.3 is 20.1 Å². The summed E-state index contributed by atoms with van der Waals surface area (Å²) in [5.74, 6) is -1.28. The molecular weight excluding hydrogens is 386 g/mol. The molecule has 0 bridgehead atoms. The summed E-state index contributed by atoms with van der Waals surface area (Å²) in [5.41, 5.74) is -0.220. The van der Waals surface area contributed by atoms with E-state index in [-0.39, 0.29) is 11.7 Å². The summed E-state index contributed by atoms with van der Waals surface area (Å²) in [6.07, 6.45) is 4.08. The van der Waals surface area contributed by atoms with Crippen molar-refractivity contribution >= 4 is 17.8 Å². The first-order valence-electron chi connectivity index (χ1n) is 9.57. The van der Waals surface area contributed by atoms with Crippen LogP contribution in [0.15, 0.2) is 24.3 Å². The van der Waals surface area contributed by atoms with Gasteiger partial charge in [-0.05, 0) is 37.0 Å². The van der Waals surface area contributed by atoms with Crippen molar-refractivity contribution in [3.8, 4) is 5.75 Å². The molecule has 1 aromatic carbocycles. The van der Waals surface area contributed by atoms with E-state index in [9.17, 15) is 23.2 Å². The van der Waals surface area contributed by atoms with Crippen LogP contribution in [0.5, 0.6) is 5.75 Å². The smallest absolute Gasteiger partial charge is 0.387 e. The Morgan fingerprint density at radius 3 is 2.34 bits per heavy atom. The second kappa shape index (κ2) is 10.7. The van der Waals surface area contributed by atoms with Gasteiger partial charge in [0, 0.05) is 13.5 Å². The lowest BCUT2D eigenvalue weighted by Gasteiger charge is -2.35. The first-order valence-corrected chi connectivity index (χ1v) is 9.57. The van der Waals surface area contributed by atoms with Crippen LogP contribution in [-0.4, -0.2) is 43.1 Å². The van der Waals surface area contributed by atoms with Gasteiger partial charge in [0.15, 0.2) is 6.61 Å². The van der Waals surface area contributed by atoms with Crippen molar-refractivity contribution in [2.75, 3.05) is 13.2 Å². The van der Waals surface area contributed by atoms with Gasteiger partial charge in [-0.1, -0.05) is 31.4 Å². The van der Waals surface area contributed by atoms with Gasteiger partial charge in [0.1, 0.15) is 11.3 Å². The molecule has 9 heteroatoms. The van der Waals surface area contributed by atoms with Gasteiger partial charge in [-0.3, -0.25) is 9.59 Å². The van der Waals surface area contributed by atoms with Gasteiger partial charge in [-0.15, -0.1) is 0 Å². The van der Waals surface area contributed by atoms with E-state index in [1.165, 1.54) is 19.1 Å². The first kappa shape index (κ1) is 22.6. The molecule has 2 amide bonds. The van der Waals surface area contributed by atoms with E-state index < -0.39 is 30.6 Å². The van der Waals surface area contributed by atoms with E-state index in [2.05, 4.69) is 15.4 Å². The van der Waals surface area contributed by atoms with Crippen LogP contribution in [0.1, 0.15) is 44.6 Å². The van der Waals surface area contributed by atoms with Gasteiger partial charge in [0.05, 0.1) is 0 Å². The van der Waals surface area contributed by atoms with Crippen molar-refractivity contribution in [1.82, 2.24) is 10.6 Å². The third-order valence-electron chi connectivity index (χ3n) is 4.73. The van der Waals surface area contributed by atoms with Gasteiger partial charge in [0.2, 0.25) is 5.91 Å². The van der Waals surface area contributed by atoms with Crippen molar-refractivity contribution in [3.05, 3.63) is 29.8 Å². The monoisotopic (exact) mass is 412 g/mol. The van der Waals surface area contributed by atoms with E-state index in [4.69, 9.17) is 4.74 Å². The van der Waals surface area contributed by atoms with Crippen LogP contribution in [0, 0.1) is 0 Å². The lowest BCUT2D eigenvalue weighted by molar-refractivity contribution is -0.158. The summed E-state index contributed by atoms with van der Waals surface area (Å²) < 4.78 is 33.7. The Hall–Kier alpha value is -2.71. The molecule has 0 atom stereocenters. The molecule has 0 spiro atoms. The fourth-order valence-corrected chi connectivity index (χ4v) is 3.38. The number of hydrogen-bond donors (Lipinski definition) is 2. The molecular formula is C20H26F2N2O5. The van der Waals surface area contributed by atoms with Crippen LogP contribution >= 0.6 is 0 Å². The molecule has 0 saturated heterocycles. The summed E-state index contributed by atoms with van der Waals surface area (Å²) in [7, 11) is 0. The SMILES string of the molecule is CC(=O)NC1(C(=O)OCC(=O)NCCc2ccc(OC(F)F)cc2)CCCCC1. The molecule has 0 aliphatic heterocycles. The lowest BCUT2D eigenvalue weighted by Crippen LogP contribution is -2.56. The van der Waals surface area contributed by atoms with Crippen molar-refractivity contribution in [2.24, 2.45) is 0 Å². The highest BCUT2D eigenvalue weighted by atomic mass is 19.3. The minimum absolute atomic E-state index is 0.0653. The summed E-state index contributed by atoms with van der Waals surface area (Å²) in [6, 6.07) is 6.11. The van der Waals surface area contributed by atoms with Gasteiger partial charge in [0.25, 0.3) is 5.91 Å². The zero-order valence-electron chi connectivity index (χ0n) is 16.3. The molecule has 1 saturated carbocycles. The third-order valence-corrected chi connectivity index (χ3v) is 4.73. The fraction of sp³-hybridized carbons (Fsp3) is 0.550. The van der Waals surface area contributed by atoms with E-state index in [0.29, 0.717) is 25.8 Å². The number of esters is 1. The topological polar surface area (TPSA) is 93.7 Å². The van der Waals surface area contributed by atoms with Crippen molar-refractivity contribution in [2.45, 2.75) is 57.6 Å². The van der Waals surface area contributed by atoms with Crippen molar-refractivity contribution in [3.63, 3.8) is 0 Å². The predicted octanol–water partition coefficient (Wildman–Crippen LogP) is 2.33. The predicted molar refractivity (Wildman–Crippen MR) is 100 cm³/mol.